The SMILES string of the molecule is Cc1ccc(S(=O)(=O)Nc2ccc(C(=O)NCCCN(C)C)c(Cl)c2)cc1. The minimum atomic E-state index is -3.72. The van der Waals surface area contributed by atoms with E-state index in [0.29, 0.717) is 17.8 Å². The van der Waals surface area contributed by atoms with Crippen LogP contribution in [0.4, 0.5) is 5.69 Å². The zero-order valence-electron chi connectivity index (χ0n) is 15.6. The van der Waals surface area contributed by atoms with Crippen LogP contribution in [-0.4, -0.2) is 46.4 Å². The Balaban J connectivity index is 2.05. The Morgan fingerprint density at radius 2 is 1.78 bits per heavy atom. The zero-order valence-corrected chi connectivity index (χ0v) is 17.2. The number of hydrogen-bond acceptors (Lipinski definition) is 4. The maximum atomic E-state index is 12.4. The summed E-state index contributed by atoms with van der Waals surface area (Å²) in [5, 5.41) is 2.99. The fourth-order valence-corrected chi connectivity index (χ4v) is 3.70. The van der Waals surface area contributed by atoms with E-state index in [1.165, 1.54) is 30.3 Å². The molecular weight excluding hydrogens is 386 g/mol. The molecule has 1 amide bonds. The zero-order chi connectivity index (χ0) is 20.0. The molecule has 0 unspecified atom stereocenters. The highest BCUT2D eigenvalue weighted by Crippen LogP contribution is 2.23. The summed E-state index contributed by atoms with van der Waals surface area (Å²) in [7, 11) is 0.215. The number of benzene rings is 2. The molecule has 0 aliphatic rings. The number of sulfonamides is 1. The van der Waals surface area contributed by atoms with Crippen LogP contribution in [0.2, 0.25) is 5.02 Å². The molecule has 2 aromatic carbocycles. The van der Waals surface area contributed by atoms with E-state index in [0.717, 1.165) is 18.5 Å². The fraction of sp³-hybridized carbons (Fsp3) is 0.316. The number of anilines is 1. The van der Waals surface area contributed by atoms with Crippen molar-refractivity contribution >= 4 is 33.2 Å². The number of hydrogen-bond donors (Lipinski definition) is 2. The molecule has 0 saturated heterocycles. The van der Waals surface area contributed by atoms with Gasteiger partial charge in [0.05, 0.1) is 21.2 Å². The molecule has 6 nitrogen and oxygen atoms in total. The van der Waals surface area contributed by atoms with Gasteiger partial charge in [-0.3, -0.25) is 9.52 Å². The average molecular weight is 410 g/mol. The number of carbonyl (C=O) groups is 1. The van der Waals surface area contributed by atoms with Gasteiger partial charge in [0.2, 0.25) is 0 Å². The number of carbonyl (C=O) groups excluding carboxylic acids is 1. The molecular formula is C19H24ClN3O3S. The highest BCUT2D eigenvalue weighted by atomic mass is 35.5. The van der Waals surface area contributed by atoms with Crippen LogP contribution >= 0.6 is 11.6 Å². The number of aryl methyl sites for hydroxylation is 1. The van der Waals surface area contributed by atoms with E-state index >= 15 is 0 Å². The summed E-state index contributed by atoms with van der Waals surface area (Å²) in [6, 6.07) is 11.0. The van der Waals surface area contributed by atoms with E-state index in [4.69, 9.17) is 11.6 Å². The van der Waals surface area contributed by atoms with Gasteiger partial charge in [0, 0.05) is 6.54 Å². The third kappa shape index (κ3) is 6.23. The van der Waals surface area contributed by atoms with Gasteiger partial charge in [0.1, 0.15) is 0 Å². The summed E-state index contributed by atoms with van der Waals surface area (Å²) in [5.74, 6) is -0.285. The van der Waals surface area contributed by atoms with Gasteiger partial charge in [-0.2, -0.15) is 0 Å². The lowest BCUT2D eigenvalue weighted by Crippen LogP contribution is -2.27. The summed E-state index contributed by atoms with van der Waals surface area (Å²) in [4.78, 5) is 14.4. The second-order valence-corrected chi connectivity index (χ2v) is 8.62. The first-order chi connectivity index (χ1) is 12.7. The van der Waals surface area contributed by atoms with Crippen molar-refractivity contribution in [3.63, 3.8) is 0 Å². The van der Waals surface area contributed by atoms with Crippen molar-refractivity contribution in [2.45, 2.75) is 18.2 Å². The molecule has 0 aliphatic carbocycles. The molecule has 0 radical (unpaired) electrons. The smallest absolute Gasteiger partial charge is 0.261 e. The van der Waals surface area contributed by atoms with Gasteiger partial charge < -0.3 is 10.2 Å². The molecule has 0 saturated carbocycles. The quantitative estimate of drug-likeness (QED) is 0.656. The first kappa shape index (κ1) is 21.2. The molecule has 2 aromatic rings. The summed E-state index contributed by atoms with van der Waals surface area (Å²) < 4.78 is 27.3. The number of rotatable bonds is 8. The Kier molecular flexibility index (Phi) is 7.24. The van der Waals surface area contributed by atoms with E-state index in [2.05, 4.69) is 10.0 Å². The second-order valence-electron chi connectivity index (χ2n) is 6.53. The van der Waals surface area contributed by atoms with Crippen molar-refractivity contribution in [3.05, 3.63) is 58.6 Å². The fourth-order valence-electron chi connectivity index (χ4n) is 2.39. The standard InChI is InChI=1S/C19H24ClN3O3S/c1-14-5-8-16(9-6-14)27(25,26)22-15-7-10-17(18(20)13-15)19(24)21-11-4-12-23(2)3/h5-10,13,22H,4,11-12H2,1-3H3,(H,21,24). The predicted molar refractivity (Wildman–Crippen MR) is 109 cm³/mol. The Morgan fingerprint density at radius 1 is 1.11 bits per heavy atom. The van der Waals surface area contributed by atoms with Gasteiger partial charge in [-0.25, -0.2) is 8.42 Å². The molecule has 2 rings (SSSR count). The minimum Gasteiger partial charge on any atom is -0.352 e. The lowest BCUT2D eigenvalue weighted by atomic mass is 10.2. The highest BCUT2D eigenvalue weighted by Gasteiger charge is 2.16. The molecule has 2 N–H and O–H groups in total. The van der Waals surface area contributed by atoms with E-state index in [-0.39, 0.29) is 15.8 Å². The van der Waals surface area contributed by atoms with Gasteiger partial charge in [0.15, 0.2) is 0 Å². The van der Waals surface area contributed by atoms with Crippen LogP contribution in [0.1, 0.15) is 22.3 Å². The first-order valence-electron chi connectivity index (χ1n) is 8.51. The normalized spacial score (nSPS) is 11.4. The second kappa shape index (κ2) is 9.21. The van der Waals surface area contributed by atoms with Gasteiger partial charge in [-0.15, -0.1) is 0 Å². The Morgan fingerprint density at radius 3 is 2.37 bits per heavy atom. The third-order valence-electron chi connectivity index (χ3n) is 3.86. The monoisotopic (exact) mass is 409 g/mol. The Labute approximate surface area is 165 Å². The lowest BCUT2D eigenvalue weighted by Gasteiger charge is -2.12. The molecule has 8 heteroatoms. The van der Waals surface area contributed by atoms with E-state index in [1.54, 1.807) is 12.1 Å². The number of nitrogens with one attached hydrogen (secondary N) is 2. The maximum Gasteiger partial charge on any atom is 0.261 e. The van der Waals surface area contributed by atoms with Crippen LogP contribution in [-0.2, 0) is 10.0 Å². The summed E-state index contributed by atoms with van der Waals surface area (Å²) in [6.45, 7) is 3.29. The van der Waals surface area contributed by atoms with Crippen molar-refractivity contribution in [3.8, 4) is 0 Å². The Hall–Kier alpha value is -2.09. The Bertz CT molecular complexity index is 897. The molecule has 0 aliphatic heterocycles. The van der Waals surface area contributed by atoms with Crippen LogP contribution in [0.25, 0.3) is 0 Å². The van der Waals surface area contributed by atoms with Crippen molar-refractivity contribution in [1.82, 2.24) is 10.2 Å². The van der Waals surface area contributed by atoms with Gasteiger partial charge in [-0.05, 0) is 64.3 Å². The lowest BCUT2D eigenvalue weighted by molar-refractivity contribution is 0.0952. The van der Waals surface area contributed by atoms with E-state index in [9.17, 15) is 13.2 Å². The molecule has 27 heavy (non-hydrogen) atoms. The summed E-state index contributed by atoms with van der Waals surface area (Å²) >= 11 is 6.18. The van der Waals surface area contributed by atoms with E-state index in [1.807, 2.05) is 25.9 Å². The van der Waals surface area contributed by atoms with E-state index < -0.39 is 10.0 Å². The summed E-state index contributed by atoms with van der Waals surface area (Å²) in [6.07, 6.45) is 0.824. The van der Waals surface area contributed by atoms with Crippen LogP contribution in [0, 0.1) is 6.92 Å². The first-order valence-corrected chi connectivity index (χ1v) is 10.4. The molecule has 0 spiro atoms. The molecule has 146 valence electrons. The molecule has 0 bridgehead atoms. The predicted octanol–water partition coefficient (Wildman–Crippen LogP) is 3.13. The van der Waals surface area contributed by atoms with Crippen molar-refractivity contribution < 1.29 is 13.2 Å². The van der Waals surface area contributed by atoms with Gasteiger partial charge in [-0.1, -0.05) is 29.3 Å². The molecule has 0 fully saturated rings. The van der Waals surface area contributed by atoms with Crippen LogP contribution in [0.5, 0.6) is 0 Å². The molecule has 0 aromatic heterocycles. The molecule has 0 heterocycles. The number of halogens is 1. The van der Waals surface area contributed by atoms with Crippen LogP contribution in [0.3, 0.4) is 0 Å². The van der Waals surface area contributed by atoms with Crippen molar-refractivity contribution in [1.29, 1.82) is 0 Å². The maximum absolute atomic E-state index is 12.4. The molecule has 0 atom stereocenters. The highest BCUT2D eigenvalue weighted by molar-refractivity contribution is 7.92. The average Bonchev–Trinajstić information content (AvgIpc) is 2.58. The van der Waals surface area contributed by atoms with Crippen molar-refractivity contribution in [2.24, 2.45) is 0 Å². The van der Waals surface area contributed by atoms with Crippen molar-refractivity contribution in [2.75, 3.05) is 31.9 Å². The van der Waals surface area contributed by atoms with Gasteiger partial charge in [0.25, 0.3) is 15.9 Å². The van der Waals surface area contributed by atoms with Crippen LogP contribution < -0.4 is 10.0 Å². The third-order valence-corrected chi connectivity index (χ3v) is 5.57. The van der Waals surface area contributed by atoms with Crippen LogP contribution in [0.15, 0.2) is 47.4 Å². The minimum absolute atomic E-state index is 0.159. The largest absolute Gasteiger partial charge is 0.352 e. The topological polar surface area (TPSA) is 78.5 Å². The summed E-state index contributed by atoms with van der Waals surface area (Å²) in [5.41, 5.74) is 1.57. The number of nitrogens with zero attached hydrogens (tertiary/aromatic N) is 1. The number of amides is 1. The van der Waals surface area contributed by atoms with Gasteiger partial charge >= 0.3 is 0 Å².